The molecule has 1 heterocycles. The molecular weight excluding hydrogens is 374 g/mol. The second-order valence-corrected chi connectivity index (χ2v) is 11.6. The quantitative estimate of drug-likeness (QED) is 0.568. The number of rotatable bonds is 1. The van der Waals surface area contributed by atoms with Gasteiger partial charge < -0.3 is 14.4 Å². The smallest absolute Gasteiger partial charge is 0.172 e. The van der Waals surface area contributed by atoms with Crippen LogP contribution in [0, 0.1) is 22.7 Å². The highest BCUT2D eigenvalue weighted by Gasteiger charge is 2.55. The third-order valence-electron chi connectivity index (χ3n) is 8.34. The third-order valence-corrected chi connectivity index (χ3v) is 8.34. The van der Waals surface area contributed by atoms with Crippen molar-refractivity contribution in [3.8, 4) is 0 Å². The number of allylic oxidation sites excluding steroid dienone is 4. The summed E-state index contributed by atoms with van der Waals surface area (Å²) >= 11 is 0. The second-order valence-electron chi connectivity index (χ2n) is 11.6. The van der Waals surface area contributed by atoms with Gasteiger partial charge in [-0.25, -0.2) is 0 Å². The molecular formula is C26H37NO3. The van der Waals surface area contributed by atoms with E-state index in [0.717, 1.165) is 63.7 Å². The molecule has 30 heavy (non-hydrogen) atoms. The largest absolute Gasteiger partial charge is 0.383 e. The maximum atomic E-state index is 13.2. The highest BCUT2D eigenvalue weighted by atomic mass is 16.7. The summed E-state index contributed by atoms with van der Waals surface area (Å²) in [6.07, 6.45) is 11.5. The molecule has 5 rings (SSSR count). The van der Waals surface area contributed by atoms with Crippen LogP contribution in [0.3, 0.4) is 0 Å². The molecule has 0 aromatic rings. The van der Waals surface area contributed by atoms with Gasteiger partial charge in [0.15, 0.2) is 11.6 Å². The van der Waals surface area contributed by atoms with Crippen molar-refractivity contribution in [1.29, 1.82) is 0 Å². The standard InChI is InChI=1S/C26H37NO3/c1-24(2)15-29-26(30-16-24)11-9-19-17(13-26)6-7-21-20(19)8-10-25(3)22(21)12-18(23(25)28)14-27(4)5/h8,14,21-22H,6-7,9-13,15-16H2,1-5H3/t21-,22+,25+/m1/s1. The monoisotopic (exact) mass is 411 g/mol. The van der Waals surface area contributed by atoms with Crippen LogP contribution in [0.25, 0.3) is 0 Å². The summed E-state index contributed by atoms with van der Waals surface area (Å²) in [5.74, 6) is 0.964. The molecule has 1 saturated heterocycles. The van der Waals surface area contributed by atoms with Crippen LogP contribution in [0.15, 0.2) is 34.6 Å². The topological polar surface area (TPSA) is 38.8 Å². The van der Waals surface area contributed by atoms with Crippen LogP contribution >= 0.6 is 0 Å². The van der Waals surface area contributed by atoms with E-state index in [1.165, 1.54) is 0 Å². The minimum Gasteiger partial charge on any atom is -0.383 e. The van der Waals surface area contributed by atoms with Gasteiger partial charge in [-0.2, -0.15) is 0 Å². The lowest BCUT2D eigenvalue weighted by Crippen LogP contribution is -2.49. The average molecular weight is 412 g/mol. The summed E-state index contributed by atoms with van der Waals surface area (Å²) in [4.78, 5) is 15.3. The van der Waals surface area contributed by atoms with Gasteiger partial charge in [-0.3, -0.25) is 4.79 Å². The zero-order chi connectivity index (χ0) is 21.3. The summed E-state index contributed by atoms with van der Waals surface area (Å²) < 4.78 is 12.6. The van der Waals surface area contributed by atoms with Crippen molar-refractivity contribution in [3.63, 3.8) is 0 Å². The molecule has 1 saturated carbocycles. The van der Waals surface area contributed by atoms with Gasteiger partial charge >= 0.3 is 0 Å². The second kappa shape index (κ2) is 6.80. The number of Topliss-reactive ketones (excluding diaryl/α,β-unsaturated/α-hetero) is 1. The summed E-state index contributed by atoms with van der Waals surface area (Å²) in [5, 5.41) is 0. The molecule has 5 aliphatic rings. The molecule has 0 aromatic heterocycles. The molecule has 1 spiro atoms. The van der Waals surface area contributed by atoms with Crippen molar-refractivity contribution in [2.45, 2.75) is 71.5 Å². The summed E-state index contributed by atoms with van der Waals surface area (Å²) in [5.41, 5.74) is 5.61. The first-order valence-corrected chi connectivity index (χ1v) is 11.7. The number of carbonyl (C=O) groups is 1. The Labute approximate surface area is 181 Å². The minimum absolute atomic E-state index is 0.112. The Morgan fingerprint density at radius 2 is 1.87 bits per heavy atom. The molecule has 164 valence electrons. The van der Waals surface area contributed by atoms with Gasteiger partial charge in [0.2, 0.25) is 0 Å². The molecule has 4 nitrogen and oxygen atoms in total. The Morgan fingerprint density at radius 3 is 2.57 bits per heavy atom. The minimum atomic E-state index is -0.393. The van der Waals surface area contributed by atoms with E-state index in [1.807, 2.05) is 19.0 Å². The van der Waals surface area contributed by atoms with E-state index in [4.69, 9.17) is 9.47 Å². The van der Waals surface area contributed by atoms with Crippen LogP contribution in [0.5, 0.6) is 0 Å². The van der Waals surface area contributed by atoms with Crippen molar-refractivity contribution in [2.24, 2.45) is 22.7 Å². The summed E-state index contributed by atoms with van der Waals surface area (Å²) in [7, 11) is 4.03. The van der Waals surface area contributed by atoms with Crippen LogP contribution in [0.4, 0.5) is 0 Å². The first-order chi connectivity index (χ1) is 14.1. The fourth-order valence-corrected chi connectivity index (χ4v) is 6.65. The predicted molar refractivity (Wildman–Crippen MR) is 118 cm³/mol. The number of ether oxygens (including phenoxy) is 2. The number of nitrogens with zero attached hydrogens (tertiary/aromatic N) is 1. The van der Waals surface area contributed by atoms with Gasteiger partial charge in [-0.15, -0.1) is 0 Å². The Hall–Kier alpha value is -1.39. The molecule has 4 aliphatic carbocycles. The van der Waals surface area contributed by atoms with Crippen molar-refractivity contribution < 1.29 is 14.3 Å². The Kier molecular flexibility index (Phi) is 4.65. The van der Waals surface area contributed by atoms with Gasteiger partial charge in [-0.05, 0) is 55.1 Å². The van der Waals surface area contributed by atoms with Gasteiger partial charge in [0.1, 0.15) is 0 Å². The zero-order valence-corrected chi connectivity index (χ0v) is 19.3. The lowest BCUT2D eigenvalue weighted by molar-refractivity contribution is -0.302. The molecule has 0 N–H and O–H groups in total. The van der Waals surface area contributed by atoms with Crippen LogP contribution in [-0.4, -0.2) is 43.8 Å². The van der Waals surface area contributed by atoms with Crippen molar-refractivity contribution >= 4 is 5.78 Å². The normalized spacial score (nSPS) is 38.2. The van der Waals surface area contributed by atoms with Gasteiger partial charge in [-0.1, -0.05) is 32.4 Å². The van der Waals surface area contributed by atoms with E-state index in [2.05, 4.69) is 33.0 Å². The van der Waals surface area contributed by atoms with Crippen LogP contribution < -0.4 is 0 Å². The number of carbonyl (C=O) groups excluding carboxylic acids is 1. The van der Waals surface area contributed by atoms with E-state index in [9.17, 15) is 4.79 Å². The predicted octanol–water partition coefficient (Wildman–Crippen LogP) is 5.02. The maximum absolute atomic E-state index is 13.2. The van der Waals surface area contributed by atoms with Crippen molar-refractivity contribution in [1.82, 2.24) is 4.90 Å². The fourth-order valence-electron chi connectivity index (χ4n) is 6.65. The Morgan fingerprint density at radius 1 is 1.13 bits per heavy atom. The highest BCUT2D eigenvalue weighted by molar-refractivity contribution is 6.02. The molecule has 0 amide bonds. The number of hydrogen-bond donors (Lipinski definition) is 0. The molecule has 3 atom stereocenters. The Bertz CT molecular complexity index is 852. The molecule has 1 aliphatic heterocycles. The van der Waals surface area contributed by atoms with E-state index in [1.54, 1.807) is 16.7 Å². The number of hydrogen-bond acceptors (Lipinski definition) is 4. The van der Waals surface area contributed by atoms with E-state index in [0.29, 0.717) is 17.6 Å². The lowest BCUT2D eigenvalue weighted by atomic mass is 9.58. The van der Waals surface area contributed by atoms with Gasteiger partial charge in [0.25, 0.3) is 0 Å². The fraction of sp³-hybridized carbons (Fsp3) is 0.731. The Balaban J connectivity index is 1.40. The van der Waals surface area contributed by atoms with E-state index in [-0.39, 0.29) is 10.8 Å². The number of ketones is 1. The van der Waals surface area contributed by atoms with Gasteiger partial charge in [0.05, 0.1) is 13.2 Å². The van der Waals surface area contributed by atoms with Crippen LogP contribution in [0.2, 0.25) is 0 Å². The highest BCUT2D eigenvalue weighted by Crippen LogP contribution is 2.59. The summed E-state index contributed by atoms with van der Waals surface area (Å²) in [6, 6.07) is 0. The first kappa shape index (κ1) is 20.5. The van der Waals surface area contributed by atoms with Gasteiger partial charge in [0, 0.05) is 49.5 Å². The molecule has 4 heteroatoms. The molecule has 0 radical (unpaired) electrons. The molecule has 0 unspecified atom stereocenters. The van der Waals surface area contributed by atoms with Crippen molar-refractivity contribution in [3.05, 3.63) is 34.6 Å². The zero-order valence-electron chi connectivity index (χ0n) is 19.3. The first-order valence-electron chi connectivity index (χ1n) is 11.7. The molecule has 2 fully saturated rings. The third kappa shape index (κ3) is 3.14. The van der Waals surface area contributed by atoms with Crippen molar-refractivity contribution in [2.75, 3.05) is 27.3 Å². The summed E-state index contributed by atoms with van der Waals surface area (Å²) in [6.45, 7) is 8.21. The molecule has 0 aromatic carbocycles. The van der Waals surface area contributed by atoms with Crippen LogP contribution in [0.1, 0.15) is 65.7 Å². The maximum Gasteiger partial charge on any atom is 0.172 e. The number of fused-ring (bicyclic) bond motifs is 4. The van der Waals surface area contributed by atoms with E-state index >= 15 is 0 Å². The van der Waals surface area contributed by atoms with E-state index < -0.39 is 5.79 Å². The average Bonchev–Trinajstić information content (AvgIpc) is 2.95. The lowest BCUT2D eigenvalue weighted by Gasteiger charge is -2.50. The van der Waals surface area contributed by atoms with Crippen LogP contribution in [-0.2, 0) is 14.3 Å². The molecule has 0 bridgehead atoms. The SMILES string of the molecule is CN(C)C=C1C[C@H]2[C@@H]3CCC4=C(CCC5(C4)OCC(C)(C)CO5)C3=CC[C@]2(C)C1=O.